The van der Waals surface area contributed by atoms with Crippen LogP contribution in [0, 0.1) is 10.8 Å². The normalized spacial score (nSPS) is 24.3. The lowest BCUT2D eigenvalue weighted by molar-refractivity contribution is -0.154. The van der Waals surface area contributed by atoms with E-state index in [4.69, 9.17) is 10.8 Å². The number of rotatable bonds is 5. The van der Waals surface area contributed by atoms with Gasteiger partial charge in [0.1, 0.15) is 0 Å². The highest BCUT2D eigenvalue weighted by Gasteiger charge is 2.47. The molecule has 2 aliphatic rings. The van der Waals surface area contributed by atoms with Gasteiger partial charge in [0.05, 0.1) is 10.8 Å². The van der Waals surface area contributed by atoms with E-state index < -0.39 is 16.8 Å². The topological polar surface area (TPSA) is 92.4 Å². The van der Waals surface area contributed by atoms with Crippen LogP contribution in [0.1, 0.15) is 38.5 Å². The quantitative estimate of drug-likeness (QED) is 0.652. The Morgan fingerprint density at radius 1 is 1.12 bits per heavy atom. The van der Waals surface area contributed by atoms with E-state index in [-0.39, 0.29) is 12.5 Å². The minimum atomic E-state index is -0.792. The van der Waals surface area contributed by atoms with Gasteiger partial charge in [0, 0.05) is 13.1 Å². The van der Waals surface area contributed by atoms with Crippen LogP contribution >= 0.6 is 0 Å². The first-order valence-electron chi connectivity index (χ1n) is 6.26. The molecule has 5 nitrogen and oxygen atoms in total. The Bertz CT molecular complexity index is 327. The van der Waals surface area contributed by atoms with Gasteiger partial charge in [0.2, 0.25) is 5.91 Å². The van der Waals surface area contributed by atoms with Crippen molar-refractivity contribution in [1.82, 2.24) is 5.32 Å². The Morgan fingerprint density at radius 2 is 1.65 bits per heavy atom. The monoisotopic (exact) mass is 240 g/mol. The van der Waals surface area contributed by atoms with Gasteiger partial charge in [0.25, 0.3) is 0 Å². The lowest BCUT2D eigenvalue weighted by Gasteiger charge is -2.42. The second-order valence-corrected chi connectivity index (χ2v) is 5.46. The van der Waals surface area contributed by atoms with E-state index in [2.05, 4.69) is 5.32 Å². The summed E-state index contributed by atoms with van der Waals surface area (Å²) in [5.41, 5.74) is 4.51. The lowest BCUT2D eigenvalue weighted by Crippen LogP contribution is -2.54. The predicted octanol–water partition coefficient (Wildman–Crippen LogP) is 0.486. The van der Waals surface area contributed by atoms with Crippen molar-refractivity contribution in [2.45, 2.75) is 38.5 Å². The van der Waals surface area contributed by atoms with Crippen LogP contribution in [0.5, 0.6) is 0 Å². The molecule has 0 bridgehead atoms. The van der Waals surface area contributed by atoms with Gasteiger partial charge in [-0.25, -0.2) is 0 Å². The second-order valence-electron chi connectivity index (χ2n) is 5.46. The van der Waals surface area contributed by atoms with Gasteiger partial charge >= 0.3 is 5.97 Å². The van der Waals surface area contributed by atoms with Crippen LogP contribution in [0.2, 0.25) is 0 Å². The van der Waals surface area contributed by atoms with Crippen molar-refractivity contribution < 1.29 is 14.7 Å². The fourth-order valence-electron chi connectivity index (χ4n) is 2.63. The van der Waals surface area contributed by atoms with E-state index in [0.717, 1.165) is 25.7 Å². The van der Waals surface area contributed by atoms with E-state index in [1.165, 1.54) is 0 Å². The van der Waals surface area contributed by atoms with Crippen LogP contribution in [0.4, 0.5) is 0 Å². The number of nitrogens with two attached hydrogens (primary N) is 1. The summed E-state index contributed by atoms with van der Waals surface area (Å²) in [4.78, 5) is 23.1. The molecule has 0 aromatic heterocycles. The molecule has 0 aliphatic heterocycles. The van der Waals surface area contributed by atoms with Crippen molar-refractivity contribution in [3.63, 3.8) is 0 Å². The van der Waals surface area contributed by atoms with Gasteiger partial charge in [-0.1, -0.05) is 12.8 Å². The standard InChI is InChI=1S/C12H20N2O3/c13-7-11(3-1-4-11)9(15)14-8-12(10(16)17)5-2-6-12/h1-8,13H2,(H,14,15)(H,16,17). The summed E-state index contributed by atoms with van der Waals surface area (Å²) >= 11 is 0. The summed E-state index contributed by atoms with van der Waals surface area (Å²) in [6, 6.07) is 0. The number of carbonyl (C=O) groups excluding carboxylic acids is 1. The number of hydrogen-bond acceptors (Lipinski definition) is 3. The van der Waals surface area contributed by atoms with Crippen LogP contribution < -0.4 is 11.1 Å². The van der Waals surface area contributed by atoms with Crippen LogP contribution in [0.25, 0.3) is 0 Å². The van der Waals surface area contributed by atoms with Gasteiger partial charge < -0.3 is 16.2 Å². The second kappa shape index (κ2) is 4.29. The Labute approximate surface area is 101 Å². The smallest absolute Gasteiger partial charge is 0.311 e. The summed E-state index contributed by atoms with van der Waals surface area (Å²) in [5.74, 6) is -0.849. The molecule has 2 saturated carbocycles. The SMILES string of the molecule is NCC1(C(=O)NCC2(C(=O)O)CCC2)CCC1. The van der Waals surface area contributed by atoms with E-state index in [1.54, 1.807) is 0 Å². The first kappa shape index (κ1) is 12.4. The van der Waals surface area contributed by atoms with Gasteiger partial charge in [-0.2, -0.15) is 0 Å². The first-order chi connectivity index (χ1) is 8.05. The maximum Gasteiger partial charge on any atom is 0.311 e. The minimum absolute atomic E-state index is 0.0567. The van der Waals surface area contributed by atoms with Crippen molar-refractivity contribution in [3.05, 3.63) is 0 Å². The molecule has 0 aromatic carbocycles. The zero-order valence-corrected chi connectivity index (χ0v) is 10.00. The molecule has 4 N–H and O–H groups in total. The summed E-state index contributed by atoms with van der Waals surface area (Å²) in [6.07, 6.45) is 4.96. The number of carboxylic acids is 1. The van der Waals surface area contributed by atoms with Crippen LogP contribution in [-0.4, -0.2) is 30.1 Å². The van der Waals surface area contributed by atoms with Crippen molar-refractivity contribution in [3.8, 4) is 0 Å². The van der Waals surface area contributed by atoms with E-state index in [0.29, 0.717) is 19.4 Å². The average molecular weight is 240 g/mol. The van der Waals surface area contributed by atoms with E-state index in [9.17, 15) is 9.59 Å². The molecule has 1 amide bonds. The molecule has 17 heavy (non-hydrogen) atoms. The Balaban J connectivity index is 1.89. The van der Waals surface area contributed by atoms with Crippen LogP contribution in [-0.2, 0) is 9.59 Å². The van der Waals surface area contributed by atoms with Gasteiger partial charge in [-0.15, -0.1) is 0 Å². The molecule has 0 spiro atoms. The summed E-state index contributed by atoms with van der Waals surface area (Å²) < 4.78 is 0. The fraction of sp³-hybridized carbons (Fsp3) is 0.833. The maximum atomic E-state index is 12.0. The van der Waals surface area contributed by atoms with Crippen LogP contribution in [0.15, 0.2) is 0 Å². The number of aliphatic carboxylic acids is 1. The molecule has 2 aliphatic carbocycles. The number of amides is 1. The molecule has 0 atom stereocenters. The predicted molar refractivity (Wildman–Crippen MR) is 62.3 cm³/mol. The number of nitrogens with one attached hydrogen (secondary N) is 1. The molecule has 96 valence electrons. The molecule has 0 aromatic rings. The third-order valence-corrected chi connectivity index (χ3v) is 4.53. The Kier molecular flexibility index (Phi) is 3.12. The molecule has 5 heteroatoms. The molecule has 0 saturated heterocycles. The molecular formula is C12H20N2O3. The van der Waals surface area contributed by atoms with Crippen molar-refractivity contribution in [1.29, 1.82) is 0 Å². The van der Waals surface area contributed by atoms with Crippen molar-refractivity contribution >= 4 is 11.9 Å². The minimum Gasteiger partial charge on any atom is -0.481 e. The van der Waals surface area contributed by atoms with Crippen LogP contribution in [0.3, 0.4) is 0 Å². The third kappa shape index (κ3) is 1.92. The molecule has 0 heterocycles. The fourth-order valence-corrected chi connectivity index (χ4v) is 2.63. The van der Waals surface area contributed by atoms with Gasteiger partial charge in [-0.05, 0) is 25.7 Å². The highest BCUT2D eigenvalue weighted by molar-refractivity contribution is 5.85. The molecule has 0 radical (unpaired) electrons. The Hall–Kier alpha value is -1.10. The average Bonchev–Trinajstić information content (AvgIpc) is 2.14. The number of carboxylic acid groups (broad SMARTS) is 1. The zero-order chi connectivity index (χ0) is 12.5. The summed E-state index contributed by atoms with van der Waals surface area (Å²) in [5, 5.41) is 12.0. The highest BCUT2D eigenvalue weighted by Crippen LogP contribution is 2.42. The third-order valence-electron chi connectivity index (χ3n) is 4.53. The van der Waals surface area contributed by atoms with E-state index >= 15 is 0 Å². The van der Waals surface area contributed by atoms with Crippen molar-refractivity contribution in [2.75, 3.05) is 13.1 Å². The molecule has 2 rings (SSSR count). The van der Waals surface area contributed by atoms with Gasteiger partial charge in [0.15, 0.2) is 0 Å². The molecule has 2 fully saturated rings. The van der Waals surface area contributed by atoms with E-state index in [1.807, 2.05) is 0 Å². The highest BCUT2D eigenvalue weighted by atomic mass is 16.4. The number of hydrogen-bond donors (Lipinski definition) is 3. The summed E-state index contributed by atoms with van der Waals surface area (Å²) in [6.45, 7) is 0.613. The maximum absolute atomic E-state index is 12.0. The lowest BCUT2D eigenvalue weighted by atomic mass is 9.66. The largest absolute Gasteiger partial charge is 0.481 e. The molecular weight excluding hydrogens is 220 g/mol. The molecule has 0 unspecified atom stereocenters. The van der Waals surface area contributed by atoms with Gasteiger partial charge in [-0.3, -0.25) is 9.59 Å². The summed E-state index contributed by atoms with van der Waals surface area (Å²) in [7, 11) is 0. The van der Waals surface area contributed by atoms with Crippen molar-refractivity contribution in [2.24, 2.45) is 16.6 Å². The Morgan fingerprint density at radius 3 is 1.94 bits per heavy atom. The number of carbonyl (C=O) groups is 2. The first-order valence-corrected chi connectivity index (χ1v) is 6.26. The zero-order valence-electron chi connectivity index (χ0n) is 10.00.